The van der Waals surface area contributed by atoms with Crippen molar-refractivity contribution in [3.05, 3.63) is 12.2 Å². The van der Waals surface area contributed by atoms with Crippen LogP contribution in [0.4, 0.5) is 0 Å². The highest BCUT2D eigenvalue weighted by Crippen LogP contribution is 2.15. The highest BCUT2D eigenvalue weighted by Gasteiger charge is 2.00. The van der Waals surface area contributed by atoms with Gasteiger partial charge in [0.2, 0.25) is 0 Å². The molecule has 0 bridgehead atoms. The number of esters is 1. The lowest BCUT2D eigenvalue weighted by atomic mass is 9.99. The number of hydrogen-bond donors (Lipinski definition) is 0. The van der Waals surface area contributed by atoms with E-state index in [1.165, 1.54) is 84.2 Å². The molecule has 0 heterocycles. The lowest BCUT2D eigenvalue weighted by molar-refractivity contribution is -0.140. The van der Waals surface area contributed by atoms with E-state index in [0.29, 0.717) is 6.42 Å². The molecule has 2 heteroatoms. The fourth-order valence-electron chi connectivity index (χ4n) is 3.00. The Labute approximate surface area is 151 Å². The summed E-state index contributed by atoms with van der Waals surface area (Å²) in [7, 11) is 1.46. The number of hydrogen-bond acceptors (Lipinski definition) is 2. The first kappa shape index (κ1) is 23.2. The first-order valence-electron chi connectivity index (χ1n) is 10.4. The van der Waals surface area contributed by atoms with Gasteiger partial charge in [0.25, 0.3) is 0 Å². The summed E-state index contributed by atoms with van der Waals surface area (Å²) >= 11 is 0. The van der Waals surface area contributed by atoms with Gasteiger partial charge in [-0.25, -0.2) is 0 Å². The molecule has 0 aromatic carbocycles. The number of carbonyl (C=O) groups is 1. The van der Waals surface area contributed by atoms with Crippen molar-refractivity contribution in [2.75, 3.05) is 7.11 Å². The van der Waals surface area contributed by atoms with Crippen LogP contribution in [-0.4, -0.2) is 13.1 Å². The molecule has 0 aliphatic rings. The van der Waals surface area contributed by atoms with Crippen LogP contribution in [0.1, 0.15) is 110 Å². The molecule has 0 aromatic rings. The largest absolute Gasteiger partial charge is 0.469 e. The second-order valence-corrected chi connectivity index (χ2v) is 7.25. The van der Waals surface area contributed by atoms with Gasteiger partial charge in [0.15, 0.2) is 0 Å². The van der Waals surface area contributed by atoms with Crippen molar-refractivity contribution in [2.24, 2.45) is 5.92 Å². The third-order valence-electron chi connectivity index (χ3n) is 4.73. The lowest BCUT2D eigenvalue weighted by Gasteiger charge is -2.07. The highest BCUT2D eigenvalue weighted by molar-refractivity contribution is 5.68. The fourth-order valence-corrected chi connectivity index (χ4v) is 3.00. The standard InChI is InChI=1S/C22H42O2/c1-4-5-6-15-18-21(2)19-16-13-11-9-7-8-10-12-14-17-20-22(23)24-3/h13,16,21H,4-12,14-15,17-20H2,1-3H3/b16-13+. The number of ether oxygens (including phenoxy) is 1. The van der Waals surface area contributed by atoms with Crippen LogP contribution in [-0.2, 0) is 9.53 Å². The molecule has 0 saturated heterocycles. The average molecular weight is 339 g/mol. The molecule has 0 amide bonds. The van der Waals surface area contributed by atoms with E-state index in [-0.39, 0.29) is 5.97 Å². The van der Waals surface area contributed by atoms with Crippen LogP contribution in [0.25, 0.3) is 0 Å². The fraction of sp³-hybridized carbons (Fsp3) is 0.864. The molecular formula is C22H42O2. The van der Waals surface area contributed by atoms with Crippen molar-refractivity contribution in [1.29, 1.82) is 0 Å². The van der Waals surface area contributed by atoms with Crippen LogP contribution >= 0.6 is 0 Å². The molecular weight excluding hydrogens is 296 g/mol. The Morgan fingerprint density at radius 1 is 0.875 bits per heavy atom. The molecule has 0 radical (unpaired) electrons. The summed E-state index contributed by atoms with van der Waals surface area (Å²) in [5, 5.41) is 0. The van der Waals surface area contributed by atoms with Gasteiger partial charge in [-0.1, -0.05) is 90.2 Å². The summed E-state index contributed by atoms with van der Waals surface area (Å²) in [5.41, 5.74) is 0. The van der Waals surface area contributed by atoms with Gasteiger partial charge in [-0.15, -0.1) is 0 Å². The highest BCUT2D eigenvalue weighted by atomic mass is 16.5. The molecule has 0 N–H and O–H groups in total. The van der Waals surface area contributed by atoms with Crippen LogP contribution in [0.5, 0.6) is 0 Å². The topological polar surface area (TPSA) is 26.3 Å². The molecule has 0 aliphatic carbocycles. The molecule has 24 heavy (non-hydrogen) atoms. The molecule has 0 rings (SSSR count). The Bertz CT molecular complexity index is 296. The van der Waals surface area contributed by atoms with Gasteiger partial charge >= 0.3 is 5.97 Å². The number of unbranched alkanes of at least 4 members (excludes halogenated alkanes) is 10. The monoisotopic (exact) mass is 338 g/mol. The summed E-state index contributed by atoms with van der Waals surface area (Å²) < 4.78 is 4.64. The van der Waals surface area contributed by atoms with Crippen molar-refractivity contribution in [3.63, 3.8) is 0 Å². The van der Waals surface area contributed by atoms with Gasteiger partial charge in [-0.3, -0.25) is 4.79 Å². The summed E-state index contributed by atoms with van der Waals surface area (Å²) in [5.74, 6) is 0.778. The minimum Gasteiger partial charge on any atom is -0.469 e. The van der Waals surface area contributed by atoms with Crippen LogP contribution in [0.2, 0.25) is 0 Å². The second-order valence-electron chi connectivity index (χ2n) is 7.25. The van der Waals surface area contributed by atoms with E-state index in [1.54, 1.807) is 0 Å². The van der Waals surface area contributed by atoms with Crippen molar-refractivity contribution < 1.29 is 9.53 Å². The van der Waals surface area contributed by atoms with Crippen LogP contribution in [0, 0.1) is 5.92 Å². The number of methoxy groups -OCH3 is 1. The quantitative estimate of drug-likeness (QED) is 0.159. The lowest BCUT2D eigenvalue weighted by Crippen LogP contribution is -1.99. The minimum absolute atomic E-state index is 0.0722. The maximum Gasteiger partial charge on any atom is 0.305 e. The van der Waals surface area contributed by atoms with Crippen LogP contribution in [0.15, 0.2) is 12.2 Å². The zero-order chi connectivity index (χ0) is 17.9. The first-order chi connectivity index (χ1) is 11.7. The van der Waals surface area contributed by atoms with E-state index < -0.39 is 0 Å². The Hall–Kier alpha value is -0.790. The van der Waals surface area contributed by atoms with Gasteiger partial charge in [0.1, 0.15) is 0 Å². The van der Waals surface area contributed by atoms with Gasteiger partial charge in [0, 0.05) is 6.42 Å². The maximum absolute atomic E-state index is 11.0. The van der Waals surface area contributed by atoms with Gasteiger partial charge in [-0.05, 0) is 31.6 Å². The Morgan fingerprint density at radius 3 is 2.17 bits per heavy atom. The second kappa shape index (κ2) is 18.5. The molecule has 142 valence electrons. The van der Waals surface area contributed by atoms with Crippen LogP contribution < -0.4 is 0 Å². The van der Waals surface area contributed by atoms with E-state index in [1.807, 2.05) is 0 Å². The Morgan fingerprint density at radius 2 is 1.50 bits per heavy atom. The predicted octanol–water partition coefficient (Wildman–Crippen LogP) is 7.22. The first-order valence-corrected chi connectivity index (χ1v) is 10.4. The maximum atomic E-state index is 11.0. The average Bonchev–Trinajstić information content (AvgIpc) is 2.59. The number of allylic oxidation sites excluding steroid dienone is 2. The number of carbonyl (C=O) groups excluding carboxylic acids is 1. The van der Waals surface area contributed by atoms with Crippen molar-refractivity contribution in [1.82, 2.24) is 0 Å². The molecule has 0 spiro atoms. The molecule has 0 aliphatic heterocycles. The zero-order valence-corrected chi connectivity index (χ0v) is 16.7. The summed E-state index contributed by atoms with van der Waals surface area (Å²) in [6, 6.07) is 0. The van der Waals surface area contributed by atoms with E-state index >= 15 is 0 Å². The predicted molar refractivity (Wildman–Crippen MR) is 105 cm³/mol. The summed E-state index contributed by atoms with van der Waals surface area (Å²) in [4.78, 5) is 11.0. The smallest absolute Gasteiger partial charge is 0.305 e. The third-order valence-corrected chi connectivity index (χ3v) is 4.73. The van der Waals surface area contributed by atoms with Gasteiger partial charge in [-0.2, -0.15) is 0 Å². The van der Waals surface area contributed by atoms with E-state index in [0.717, 1.165) is 18.8 Å². The van der Waals surface area contributed by atoms with Gasteiger partial charge in [0.05, 0.1) is 7.11 Å². The molecule has 0 aromatic heterocycles. The molecule has 1 unspecified atom stereocenters. The SMILES string of the molecule is CCCCCCC(C)C/C=C/CCCCCCCCCC(=O)OC. The Kier molecular flexibility index (Phi) is 17.9. The third kappa shape index (κ3) is 17.6. The van der Waals surface area contributed by atoms with Crippen molar-refractivity contribution in [2.45, 2.75) is 110 Å². The summed E-state index contributed by atoms with van der Waals surface area (Å²) in [6.45, 7) is 4.66. The minimum atomic E-state index is -0.0722. The van der Waals surface area contributed by atoms with Crippen molar-refractivity contribution >= 4 is 5.97 Å². The van der Waals surface area contributed by atoms with Gasteiger partial charge < -0.3 is 4.74 Å². The molecule has 1 atom stereocenters. The molecule has 2 nitrogen and oxygen atoms in total. The van der Waals surface area contributed by atoms with E-state index in [4.69, 9.17) is 0 Å². The van der Waals surface area contributed by atoms with Crippen LogP contribution in [0.3, 0.4) is 0 Å². The van der Waals surface area contributed by atoms with E-state index in [2.05, 4.69) is 30.7 Å². The molecule has 0 saturated carbocycles. The summed E-state index contributed by atoms with van der Waals surface area (Å²) in [6.07, 6.45) is 23.5. The Balaban J connectivity index is 3.24. The van der Waals surface area contributed by atoms with E-state index in [9.17, 15) is 4.79 Å². The zero-order valence-electron chi connectivity index (χ0n) is 16.7. The van der Waals surface area contributed by atoms with Crippen molar-refractivity contribution in [3.8, 4) is 0 Å². The number of rotatable bonds is 17. The normalized spacial score (nSPS) is 12.6. The molecule has 0 fully saturated rings.